The van der Waals surface area contributed by atoms with Crippen molar-refractivity contribution in [1.29, 1.82) is 0 Å². The first-order valence-electron chi connectivity index (χ1n) is 7.53. The smallest absolute Gasteiger partial charge is 0.270 e. The van der Waals surface area contributed by atoms with Crippen LogP contribution in [0.5, 0.6) is 0 Å². The lowest BCUT2D eigenvalue weighted by atomic mass is 10.1. The van der Waals surface area contributed by atoms with E-state index in [2.05, 4.69) is 11.1 Å². The lowest BCUT2D eigenvalue weighted by molar-refractivity contribution is 0.0378. The number of aliphatic hydroxyl groups is 1. The number of carbonyl (C=O) groups is 1. The van der Waals surface area contributed by atoms with Gasteiger partial charge in [-0.3, -0.25) is 4.79 Å². The molecule has 0 saturated heterocycles. The van der Waals surface area contributed by atoms with Crippen molar-refractivity contribution in [2.24, 2.45) is 0 Å². The van der Waals surface area contributed by atoms with Gasteiger partial charge in [0.25, 0.3) is 5.91 Å². The molecule has 5 nitrogen and oxygen atoms in total. The molecule has 0 aliphatic heterocycles. The fraction of sp³-hybridized carbons (Fsp3) is 0.278. The van der Waals surface area contributed by atoms with E-state index in [0.717, 1.165) is 21.7 Å². The molecule has 1 aromatic heterocycles. The average Bonchev–Trinajstić information content (AvgIpc) is 2.98. The van der Waals surface area contributed by atoms with Gasteiger partial charge in [-0.1, -0.05) is 30.3 Å². The van der Waals surface area contributed by atoms with Gasteiger partial charge in [-0.25, -0.2) is 0 Å². The number of nitrogens with one attached hydrogen (secondary N) is 1. The van der Waals surface area contributed by atoms with Gasteiger partial charge < -0.3 is 19.7 Å². The molecule has 23 heavy (non-hydrogen) atoms. The van der Waals surface area contributed by atoms with Crippen molar-refractivity contribution < 1.29 is 14.6 Å². The summed E-state index contributed by atoms with van der Waals surface area (Å²) in [6, 6.07) is 14.0. The van der Waals surface area contributed by atoms with E-state index in [1.54, 1.807) is 7.05 Å². The van der Waals surface area contributed by atoms with Crippen molar-refractivity contribution in [1.82, 2.24) is 9.88 Å². The Labute approximate surface area is 134 Å². The number of benzene rings is 2. The molecule has 3 aromatic rings. The summed E-state index contributed by atoms with van der Waals surface area (Å²) in [6.07, 6.45) is -0.695. The number of aliphatic hydroxyl groups excluding tert-OH is 1. The maximum atomic E-state index is 12.5. The average molecular weight is 312 g/mol. The molecule has 3 rings (SSSR count). The van der Waals surface area contributed by atoms with Gasteiger partial charge in [-0.05, 0) is 22.9 Å². The van der Waals surface area contributed by atoms with Crippen LogP contribution < -0.4 is 0 Å². The number of hydrogen-bond acceptors (Lipinski definition) is 3. The highest BCUT2D eigenvalue weighted by molar-refractivity contribution is 6.09. The molecule has 2 aromatic carbocycles. The Bertz CT molecular complexity index is 841. The lowest BCUT2D eigenvalue weighted by Gasteiger charge is -2.19. The predicted octanol–water partition coefficient (Wildman–Crippen LogP) is 2.40. The highest BCUT2D eigenvalue weighted by Gasteiger charge is 2.18. The third-order valence-electron chi connectivity index (χ3n) is 3.95. The molecule has 1 atom stereocenters. The molecular formula is C18H20N2O3. The Hall–Kier alpha value is -2.37. The maximum absolute atomic E-state index is 12.5. The van der Waals surface area contributed by atoms with Crippen LogP contribution in [-0.4, -0.2) is 54.3 Å². The first-order valence-corrected chi connectivity index (χ1v) is 7.53. The second-order valence-corrected chi connectivity index (χ2v) is 5.73. The van der Waals surface area contributed by atoms with E-state index in [0.29, 0.717) is 5.69 Å². The molecule has 0 bridgehead atoms. The fourth-order valence-corrected chi connectivity index (χ4v) is 2.85. The van der Waals surface area contributed by atoms with E-state index in [1.165, 1.54) is 12.0 Å². The Morgan fingerprint density at radius 3 is 2.83 bits per heavy atom. The summed E-state index contributed by atoms with van der Waals surface area (Å²) in [6.45, 7) is 0.428. The summed E-state index contributed by atoms with van der Waals surface area (Å²) in [7, 11) is 3.19. The Balaban J connectivity index is 1.91. The zero-order valence-electron chi connectivity index (χ0n) is 13.2. The minimum Gasteiger partial charge on any atom is -0.389 e. The second kappa shape index (κ2) is 6.40. The third-order valence-corrected chi connectivity index (χ3v) is 3.95. The summed E-state index contributed by atoms with van der Waals surface area (Å²) in [5.41, 5.74) is 1.45. The molecule has 1 amide bonds. The molecule has 0 spiro atoms. The van der Waals surface area contributed by atoms with Crippen molar-refractivity contribution in [2.75, 3.05) is 27.3 Å². The molecule has 0 fully saturated rings. The van der Waals surface area contributed by atoms with Gasteiger partial charge in [-0.15, -0.1) is 0 Å². The van der Waals surface area contributed by atoms with Gasteiger partial charge in [0, 0.05) is 31.6 Å². The van der Waals surface area contributed by atoms with E-state index in [4.69, 9.17) is 4.74 Å². The van der Waals surface area contributed by atoms with E-state index in [1.807, 2.05) is 36.4 Å². The van der Waals surface area contributed by atoms with Crippen LogP contribution >= 0.6 is 0 Å². The summed E-state index contributed by atoms with van der Waals surface area (Å²) in [5, 5.41) is 13.0. The van der Waals surface area contributed by atoms with Crippen LogP contribution in [0, 0.1) is 0 Å². The summed E-state index contributed by atoms with van der Waals surface area (Å²) >= 11 is 0. The quantitative estimate of drug-likeness (QED) is 0.760. The summed E-state index contributed by atoms with van der Waals surface area (Å²) in [5.74, 6) is -0.152. The maximum Gasteiger partial charge on any atom is 0.270 e. The minimum atomic E-state index is -0.695. The van der Waals surface area contributed by atoms with Crippen LogP contribution in [0.25, 0.3) is 21.7 Å². The molecule has 2 N–H and O–H groups in total. The van der Waals surface area contributed by atoms with Crippen molar-refractivity contribution in [2.45, 2.75) is 6.10 Å². The zero-order valence-corrected chi connectivity index (χ0v) is 13.2. The number of likely N-dealkylation sites (N-methyl/N-ethyl adjacent to an activating group) is 1. The minimum absolute atomic E-state index is 0.152. The molecule has 120 valence electrons. The van der Waals surface area contributed by atoms with Gasteiger partial charge in [0.1, 0.15) is 5.69 Å². The third kappa shape index (κ3) is 3.06. The van der Waals surface area contributed by atoms with Crippen LogP contribution in [0.1, 0.15) is 10.5 Å². The first-order chi connectivity index (χ1) is 11.1. The highest BCUT2D eigenvalue weighted by Crippen LogP contribution is 2.26. The Morgan fingerprint density at radius 2 is 2.04 bits per heavy atom. The normalized spacial score (nSPS) is 12.7. The number of H-pyrrole nitrogens is 1. The van der Waals surface area contributed by atoms with Gasteiger partial charge >= 0.3 is 0 Å². The fourth-order valence-electron chi connectivity index (χ4n) is 2.85. The van der Waals surface area contributed by atoms with Gasteiger partial charge in [0.05, 0.1) is 12.7 Å². The van der Waals surface area contributed by atoms with Gasteiger partial charge in [0.15, 0.2) is 0 Å². The number of hydrogen-bond donors (Lipinski definition) is 2. The van der Waals surface area contributed by atoms with Crippen LogP contribution in [0.3, 0.4) is 0 Å². The van der Waals surface area contributed by atoms with Crippen LogP contribution in [0.4, 0.5) is 0 Å². The number of aromatic amines is 1. The standard InChI is InChI=1S/C18H20N2O3/c1-20(10-13(21)11-23-2)18(22)17-9-15-14-6-4-3-5-12(14)7-8-16(15)19-17/h3-9,13,19,21H,10-11H2,1-2H3. The van der Waals surface area contributed by atoms with E-state index >= 15 is 0 Å². The van der Waals surface area contributed by atoms with Crippen LogP contribution in [-0.2, 0) is 4.74 Å². The van der Waals surface area contributed by atoms with Crippen molar-refractivity contribution in [3.05, 3.63) is 48.2 Å². The van der Waals surface area contributed by atoms with E-state index in [-0.39, 0.29) is 19.1 Å². The van der Waals surface area contributed by atoms with Crippen LogP contribution in [0.2, 0.25) is 0 Å². The SMILES string of the molecule is COCC(O)CN(C)C(=O)c1cc2c(ccc3ccccc32)[nH]1. The Morgan fingerprint density at radius 1 is 1.26 bits per heavy atom. The number of fused-ring (bicyclic) bond motifs is 3. The van der Waals surface area contributed by atoms with Gasteiger partial charge in [-0.2, -0.15) is 0 Å². The number of carbonyl (C=O) groups excluding carboxylic acids is 1. The second-order valence-electron chi connectivity index (χ2n) is 5.73. The van der Waals surface area contributed by atoms with Crippen molar-refractivity contribution in [3.63, 3.8) is 0 Å². The molecule has 5 heteroatoms. The molecule has 0 saturated carbocycles. The topological polar surface area (TPSA) is 65.6 Å². The number of nitrogens with zero attached hydrogens (tertiary/aromatic N) is 1. The molecule has 1 unspecified atom stereocenters. The van der Waals surface area contributed by atoms with Crippen molar-refractivity contribution in [3.8, 4) is 0 Å². The number of amides is 1. The highest BCUT2D eigenvalue weighted by atomic mass is 16.5. The molecule has 1 heterocycles. The Kier molecular flexibility index (Phi) is 4.32. The molecule has 0 radical (unpaired) electrons. The van der Waals surface area contributed by atoms with E-state index in [9.17, 15) is 9.90 Å². The molecule has 0 aliphatic rings. The van der Waals surface area contributed by atoms with E-state index < -0.39 is 6.10 Å². The summed E-state index contributed by atoms with van der Waals surface area (Å²) in [4.78, 5) is 17.2. The number of ether oxygens (including phenoxy) is 1. The summed E-state index contributed by atoms with van der Waals surface area (Å²) < 4.78 is 4.89. The molecular weight excluding hydrogens is 292 g/mol. The first kappa shape index (κ1) is 15.5. The monoisotopic (exact) mass is 312 g/mol. The predicted molar refractivity (Wildman–Crippen MR) is 90.6 cm³/mol. The van der Waals surface area contributed by atoms with Crippen LogP contribution in [0.15, 0.2) is 42.5 Å². The number of aromatic nitrogens is 1. The largest absolute Gasteiger partial charge is 0.389 e. The van der Waals surface area contributed by atoms with Crippen molar-refractivity contribution >= 4 is 27.6 Å². The molecule has 0 aliphatic carbocycles. The zero-order chi connectivity index (χ0) is 16.4. The number of methoxy groups -OCH3 is 1. The number of rotatable bonds is 5. The van der Waals surface area contributed by atoms with Gasteiger partial charge in [0.2, 0.25) is 0 Å². The lowest BCUT2D eigenvalue weighted by Crippen LogP contribution is -2.36.